The molecule has 1 unspecified atom stereocenters. The van der Waals surface area contributed by atoms with Gasteiger partial charge in [0.2, 0.25) is 5.91 Å². The molecule has 0 radical (unpaired) electrons. The fourth-order valence-corrected chi connectivity index (χ4v) is 2.39. The van der Waals surface area contributed by atoms with Crippen LogP contribution in [0, 0.1) is 10.1 Å². The highest BCUT2D eigenvalue weighted by Gasteiger charge is 2.23. The molecule has 1 amide bonds. The predicted molar refractivity (Wildman–Crippen MR) is 87.5 cm³/mol. The largest absolute Gasteiger partial charge is 0.496 e. The molecule has 1 N–H and O–H groups in total. The van der Waals surface area contributed by atoms with Crippen molar-refractivity contribution in [3.63, 3.8) is 0 Å². The predicted octanol–water partition coefficient (Wildman–Crippen LogP) is 3.15. The monoisotopic (exact) mass is 382 g/mol. The lowest BCUT2D eigenvalue weighted by atomic mass is 10.2. The molecule has 0 aliphatic carbocycles. The van der Waals surface area contributed by atoms with Crippen LogP contribution in [0.5, 0.6) is 5.75 Å². The van der Waals surface area contributed by atoms with Gasteiger partial charge in [-0.2, -0.15) is 5.10 Å². The first-order chi connectivity index (χ1) is 11.0. The molecule has 1 heterocycles. The van der Waals surface area contributed by atoms with Crippen LogP contribution < -0.4 is 10.1 Å². The summed E-state index contributed by atoms with van der Waals surface area (Å²) in [5, 5.41) is 17.8. The zero-order valence-corrected chi connectivity index (χ0v) is 14.1. The summed E-state index contributed by atoms with van der Waals surface area (Å²) in [5.74, 6) is -0.0332. The second kappa shape index (κ2) is 7.23. The van der Waals surface area contributed by atoms with E-state index in [9.17, 15) is 14.9 Å². The Morgan fingerprint density at radius 3 is 2.83 bits per heavy atom. The Morgan fingerprint density at radius 2 is 2.30 bits per heavy atom. The van der Waals surface area contributed by atoms with Crippen molar-refractivity contribution in [2.45, 2.75) is 19.4 Å². The van der Waals surface area contributed by atoms with Crippen LogP contribution in [-0.4, -0.2) is 27.7 Å². The lowest BCUT2D eigenvalue weighted by molar-refractivity contribution is -0.384. The normalized spacial score (nSPS) is 11.8. The molecular weight excluding hydrogens is 368 g/mol. The van der Waals surface area contributed by atoms with Gasteiger partial charge in [-0.15, -0.1) is 0 Å². The molecule has 23 heavy (non-hydrogen) atoms. The maximum Gasteiger partial charge on any atom is 0.296 e. The number of aromatic nitrogens is 2. The second-order valence-electron chi connectivity index (χ2n) is 4.69. The number of carbonyl (C=O) groups excluding carboxylic acids is 1. The lowest BCUT2D eigenvalue weighted by Gasteiger charge is -2.15. The molecule has 8 nitrogen and oxygen atoms in total. The minimum Gasteiger partial charge on any atom is -0.496 e. The van der Waals surface area contributed by atoms with E-state index in [0.717, 1.165) is 4.47 Å². The molecule has 0 spiro atoms. The van der Waals surface area contributed by atoms with Crippen LogP contribution in [-0.2, 0) is 4.79 Å². The van der Waals surface area contributed by atoms with Gasteiger partial charge in [-0.3, -0.25) is 19.6 Å². The van der Waals surface area contributed by atoms with Crippen LogP contribution in [0.25, 0.3) is 0 Å². The fourth-order valence-electron chi connectivity index (χ4n) is 2.09. The number of anilines is 1. The van der Waals surface area contributed by atoms with Gasteiger partial charge in [0.25, 0.3) is 5.69 Å². The van der Waals surface area contributed by atoms with Crippen molar-refractivity contribution >= 4 is 33.2 Å². The van der Waals surface area contributed by atoms with Gasteiger partial charge in [0, 0.05) is 6.20 Å². The molecule has 2 aromatic rings. The molecule has 1 aromatic carbocycles. The highest BCUT2D eigenvalue weighted by Crippen LogP contribution is 2.30. The molecule has 0 saturated carbocycles. The summed E-state index contributed by atoms with van der Waals surface area (Å²) < 4.78 is 7.23. The minimum absolute atomic E-state index is 0.116. The summed E-state index contributed by atoms with van der Waals surface area (Å²) in [7, 11) is 1.42. The number of ether oxygens (including phenoxy) is 1. The standard InChI is InChI=1S/C14H15BrN4O4/c1-3-12(18-8-9(15)7-16-18)14(20)17-11-5-4-10(23-2)6-13(11)19(21)22/h4-8,12H,3H2,1-2H3,(H,17,20). The van der Waals surface area contributed by atoms with Gasteiger partial charge in [0.05, 0.1) is 28.8 Å². The third kappa shape index (κ3) is 3.86. The Balaban J connectivity index is 2.26. The number of nitro groups is 1. The van der Waals surface area contributed by atoms with Crippen LogP contribution in [0.3, 0.4) is 0 Å². The van der Waals surface area contributed by atoms with E-state index in [-0.39, 0.29) is 17.3 Å². The van der Waals surface area contributed by atoms with Crippen LogP contribution >= 0.6 is 15.9 Å². The van der Waals surface area contributed by atoms with Crippen molar-refractivity contribution in [1.29, 1.82) is 0 Å². The first-order valence-electron chi connectivity index (χ1n) is 6.79. The number of rotatable bonds is 6. The Kier molecular flexibility index (Phi) is 5.32. The average molecular weight is 383 g/mol. The second-order valence-corrected chi connectivity index (χ2v) is 5.61. The topological polar surface area (TPSA) is 99.3 Å². The number of nitro benzene ring substituents is 1. The van der Waals surface area contributed by atoms with Gasteiger partial charge in [-0.1, -0.05) is 6.92 Å². The molecule has 0 aliphatic heterocycles. The maximum atomic E-state index is 12.4. The van der Waals surface area contributed by atoms with Crippen molar-refractivity contribution in [3.05, 3.63) is 45.2 Å². The number of hydrogen-bond acceptors (Lipinski definition) is 5. The molecule has 9 heteroatoms. The first kappa shape index (κ1) is 16.9. The fraction of sp³-hybridized carbons (Fsp3) is 0.286. The quantitative estimate of drug-likeness (QED) is 0.610. The van der Waals surface area contributed by atoms with E-state index in [1.165, 1.54) is 23.9 Å². The van der Waals surface area contributed by atoms with Crippen LogP contribution in [0.1, 0.15) is 19.4 Å². The molecule has 0 saturated heterocycles. The highest BCUT2D eigenvalue weighted by molar-refractivity contribution is 9.10. The summed E-state index contributed by atoms with van der Waals surface area (Å²) in [4.78, 5) is 23.0. The third-order valence-corrected chi connectivity index (χ3v) is 3.65. The van der Waals surface area contributed by atoms with Crippen molar-refractivity contribution < 1.29 is 14.5 Å². The summed E-state index contributed by atoms with van der Waals surface area (Å²) in [6, 6.07) is 3.69. The number of hydrogen-bond donors (Lipinski definition) is 1. The Bertz CT molecular complexity index is 731. The number of amides is 1. The molecule has 0 aliphatic rings. The number of methoxy groups -OCH3 is 1. The summed E-state index contributed by atoms with van der Waals surface area (Å²) in [5.41, 5.74) is -0.111. The molecule has 2 rings (SSSR count). The maximum absolute atomic E-state index is 12.4. The van der Waals surface area contributed by atoms with E-state index in [4.69, 9.17) is 4.74 Å². The average Bonchev–Trinajstić information content (AvgIpc) is 2.94. The van der Waals surface area contributed by atoms with Gasteiger partial charge in [-0.05, 0) is 34.5 Å². The Labute approximate surface area is 140 Å². The van der Waals surface area contributed by atoms with Gasteiger partial charge in [0.1, 0.15) is 17.5 Å². The first-order valence-corrected chi connectivity index (χ1v) is 7.58. The summed E-state index contributed by atoms with van der Waals surface area (Å²) >= 11 is 3.27. The molecule has 0 bridgehead atoms. The van der Waals surface area contributed by atoms with E-state index in [1.807, 2.05) is 6.92 Å². The van der Waals surface area contributed by atoms with E-state index in [1.54, 1.807) is 18.5 Å². The highest BCUT2D eigenvalue weighted by atomic mass is 79.9. The van der Waals surface area contributed by atoms with Crippen LogP contribution in [0.15, 0.2) is 35.1 Å². The molecule has 1 aromatic heterocycles. The summed E-state index contributed by atoms with van der Waals surface area (Å²) in [6.07, 6.45) is 3.74. The van der Waals surface area contributed by atoms with Crippen LogP contribution in [0.2, 0.25) is 0 Å². The Hall–Kier alpha value is -2.42. The minimum atomic E-state index is -0.567. The van der Waals surface area contributed by atoms with Crippen LogP contribution in [0.4, 0.5) is 11.4 Å². The van der Waals surface area contributed by atoms with E-state index >= 15 is 0 Å². The van der Waals surface area contributed by atoms with Gasteiger partial charge in [-0.25, -0.2) is 0 Å². The van der Waals surface area contributed by atoms with Crippen molar-refractivity contribution in [2.75, 3.05) is 12.4 Å². The number of benzene rings is 1. The number of nitrogens with zero attached hydrogens (tertiary/aromatic N) is 3. The zero-order chi connectivity index (χ0) is 17.0. The SMILES string of the molecule is CCC(C(=O)Nc1ccc(OC)cc1[N+](=O)[O-])n1cc(Br)cn1. The van der Waals surface area contributed by atoms with Gasteiger partial charge >= 0.3 is 0 Å². The van der Waals surface area contributed by atoms with E-state index in [2.05, 4.69) is 26.3 Å². The van der Waals surface area contributed by atoms with Crippen molar-refractivity contribution in [3.8, 4) is 5.75 Å². The van der Waals surface area contributed by atoms with Gasteiger partial charge < -0.3 is 10.1 Å². The molecular formula is C14H15BrN4O4. The van der Waals surface area contributed by atoms with Crippen molar-refractivity contribution in [1.82, 2.24) is 9.78 Å². The molecule has 122 valence electrons. The number of halogens is 1. The number of nitrogens with one attached hydrogen (secondary N) is 1. The van der Waals surface area contributed by atoms with E-state index < -0.39 is 11.0 Å². The van der Waals surface area contributed by atoms with E-state index in [0.29, 0.717) is 12.2 Å². The smallest absolute Gasteiger partial charge is 0.296 e. The molecule has 1 atom stereocenters. The zero-order valence-electron chi connectivity index (χ0n) is 12.5. The lowest BCUT2D eigenvalue weighted by Crippen LogP contribution is -2.26. The Morgan fingerprint density at radius 1 is 1.57 bits per heavy atom. The third-order valence-electron chi connectivity index (χ3n) is 3.24. The summed E-state index contributed by atoms with van der Waals surface area (Å²) in [6.45, 7) is 1.84. The number of carbonyl (C=O) groups is 1. The van der Waals surface area contributed by atoms with Gasteiger partial charge in [0.15, 0.2) is 0 Å². The molecule has 0 fully saturated rings. The van der Waals surface area contributed by atoms with Crippen molar-refractivity contribution in [2.24, 2.45) is 0 Å².